The number of hydrogen-bond donors (Lipinski definition) is 2. The van der Waals surface area contributed by atoms with Crippen LogP contribution in [0.5, 0.6) is 5.75 Å². The smallest absolute Gasteiger partial charge is 0.322 e. The molecule has 174 valence electrons. The van der Waals surface area contributed by atoms with Crippen molar-refractivity contribution < 1.29 is 44.6 Å². The molecule has 0 bridgehead atoms. The standard InChI is InChI=1S/C23H19FN5O4.W/c1-28-10-16(9-25-28)14-2-5-17(6-3-14)23(21(31)26-22(32)27-23)12-29-11-15-4-7-18(33-13-24)8-19(15)20(29)30;/h2-10,13H,11-12H2,1H3,(H2,26,27,31,32);/q-1;/t23-;/m0./s1. The number of nitrogens with zero attached hydrogens (tertiary/aromatic N) is 3. The molecule has 0 unspecified atom stereocenters. The van der Waals surface area contributed by atoms with Gasteiger partial charge in [0.05, 0.1) is 18.5 Å². The second kappa shape index (κ2) is 9.02. The summed E-state index contributed by atoms with van der Waals surface area (Å²) in [6, 6.07) is 11.2. The maximum atomic E-state index is 13.1. The van der Waals surface area contributed by atoms with Crippen LogP contribution in [0.3, 0.4) is 0 Å². The summed E-state index contributed by atoms with van der Waals surface area (Å²) in [5, 5.41) is 9.16. The fourth-order valence-corrected chi connectivity index (χ4v) is 4.29. The van der Waals surface area contributed by atoms with Gasteiger partial charge >= 0.3 is 6.03 Å². The van der Waals surface area contributed by atoms with E-state index in [-0.39, 0.29) is 52.7 Å². The maximum Gasteiger partial charge on any atom is 0.322 e. The number of benzene rings is 2. The Kier molecular flexibility index (Phi) is 6.27. The minimum Gasteiger partial charge on any atom is -0.630 e. The van der Waals surface area contributed by atoms with Gasteiger partial charge in [-0.2, -0.15) is 5.10 Å². The molecular weight excluding hydrogens is 613 g/mol. The Morgan fingerprint density at radius 3 is 2.53 bits per heavy atom. The van der Waals surface area contributed by atoms with Crippen molar-refractivity contribution in [2.75, 3.05) is 6.54 Å². The average molecular weight is 632 g/mol. The zero-order valence-corrected chi connectivity index (χ0v) is 20.9. The number of imide groups is 1. The first-order valence-electron chi connectivity index (χ1n) is 10.1. The summed E-state index contributed by atoms with van der Waals surface area (Å²) < 4.78 is 18.8. The van der Waals surface area contributed by atoms with Crippen LogP contribution < -0.4 is 15.4 Å². The van der Waals surface area contributed by atoms with E-state index in [4.69, 9.17) is 4.74 Å². The Balaban J connectivity index is 0.00000274. The Hall–Kier alpha value is -3.52. The monoisotopic (exact) mass is 632 g/mol. The van der Waals surface area contributed by atoms with Crippen molar-refractivity contribution in [3.05, 3.63) is 78.4 Å². The molecule has 1 saturated heterocycles. The van der Waals surface area contributed by atoms with Crippen molar-refractivity contribution in [2.24, 2.45) is 7.05 Å². The third kappa shape index (κ3) is 3.98. The fourth-order valence-electron chi connectivity index (χ4n) is 4.29. The molecule has 34 heavy (non-hydrogen) atoms. The van der Waals surface area contributed by atoms with E-state index >= 15 is 0 Å². The summed E-state index contributed by atoms with van der Waals surface area (Å²) in [6.45, 7) is 0.212. The molecule has 1 fully saturated rings. The van der Waals surface area contributed by atoms with Crippen LogP contribution in [-0.4, -0.2) is 39.1 Å². The van der Waals surface area contributed by atoms with Gasteiger partial charge in [-0.3, -0.25) is 19.6 Å². The number of carbonyl (C=O) groups excluding carboxylic acids is 3. The van der Waals surface area contributed by atoms with Crippen LogP contribution in [0.4, 0.5) is 9.18 Å². The van der Waals surface area contributed by atoms with Crippen LogP contribution in [0.15, 0.2) is 54.9 Å². The Morgan fingerprint density at radius 1 is 1.15 bits per heavy atom. The number of rotatable bonds is 6. The summed E-state index contributed by atoms with van der Waals surface area (Å²) in [6.07, 6.45) is 3.60. The molecule has 4 amide bonds. The van der Waals surface area contributed by atoms with E-state index in [0.29, 0.717) is 11.1 Å². The fraction of sp³-hybridized carbons (Fsp3) is 0.174. The van der Waals surface area contributed by atoms with E-state index in [1.165, 1.54) is 11.0 Å². The van der Waals surface area contributed by atoms with Crippen LogP contribution in [0.25, 0.3) is 11.1 Å². The molecule has 9 nitrogen and oxygen atoms in total. The molecule has 0 spiro atoms. The topological polar surface area (TPSA) is 106 Å². The number of aryl methyl sites for hydroxylation is 1. The van der Waals surface area contributed by atoms with Crippen molar-refractivity contribution in [3.63, 3.8) is 0 Å². The number of hydrogen-bond acceptors (Lipinski definition) is 5. The molecule has 2 aromatic carbocycles. The van der Waals surface area contributed by atoms with E-state index in [1.54, 1.807) is 35.1 Å². The molecular formula is C23H19FN5O4W-. The van der Waals surface area contributed by atoms with E-state index in [2.05, 4.69) is 15.7 Å². The molecule has 0 radical (unpaired) electrons. The van der Waals surface area contributed by atoms with Crippen molar-refractivity contribution in [1.29, 1.82) is 0 Å². The molecule has 2 N–H and O–H groups in total. The van der Waals surface area contributed by atoms with Crippen molar-refractivity contribution in [3.8, 4) is 16.9 Å². The predicted molar refractivity (Wildman–Crippen MR) is 114 cm³/mol. The first-order valence-corrected chi connectivity index (χ1v) is 10.1. The van der Waals surface area contributed by atoms with E-state index in [9.17, 15) is 18.8 Å². The third-order valence-corrected chi connectivity index (χ3v) is 5.93. The number of carbonyl (C=O) groups is 3. The van der Waals surface area contributed by atoms with Crippen molar-refractivity contribution in [2.45, 2.75) is 12.1 Å². The molecule has 1 aromatic heterocycles. The largest absolute Gasteiger partial charge is 0.630 e. The molecule has 2 aliphatic rings. The number of fused-ring (bicyclic) bond motifs is 1. The summed E-state index contributed by atoms with van der Waals surface area (Å²) in [7, 11) is 1.82. The maximum absolute atomic E-state index is 13.1. The van der Waals surface area contributed by atoms with Gasteiger partial charge < -0.3 is 19.3 Å². The van der Waals surface area contributed by atoms with E-state index < -0.39 is 17.5 Å². The number of urea groups is 1. The average Bonchev–Trinajstić information content (AvgIpc) is 3.45. The van der Waals surface area contributed by atoms with Gasteiger partial charge in [0, 0.05) is 52.0 Å². The van der Waals surface area contributed by atoms with Gasteiger partial charge in [-0.1, -0.05) is 30.3 Å². The quantitative estimate of drug-likeness (QED) is 0.321. The number of aromatic nitrogens is 2. The zero-order valence-electron chi connectivity index (χ0n) is 17.9. The molecule has 3 heterocycles. The normalized spacial score (nSPS) is 18.9. The van der Waals surface area contributed by atoms with Crippen LogP contribution in [0, 0.1) is 6.86 Å². The van der Waals surface area contributed by atoms with Crippen LogP contribution in [0.2, 0.25) is 0 Å². The molecule has 0 saturated carbocycles. The predicted octanol–water partition coefficient (Wildman–Crippen LogP) is 2.24. The van der Waals surface area contributed by atoms with Gasteiger partial charge in [0.25, 0.3) is 11.8 Å². The Bertz CT molecular complexity index is 1280. The van der Waals surface area contributed by atoms with Gasteiger partial charge in [0.1, 0.15) is 0 Å². The van der Waals surface area contributed by atoms with Crippen molar-refractivity contribution >= 4 is 17.8 Å². The van der Waals surface area contributed by atoms with Gasteiger partial charge in [-0.25, -0.2) is 4.79 Å². The van der Waals surface area contributed by atoms with Gasteiger partial charge in [0.15, 0.2) is 5.54 Å². The molecule has 5 rings (SSSR count). The molecule has 1 atom stereocenters. The summed E-state index contributed by atoms with van der Waals surface area (Å²) >= 11 is 0. The van der Waals surface area contributed by atoms with Crippen molar-refractivity contribution in [1.82, 2.24) is 25.3 Å². The Labute approximate surface area is 208 Å². The molecule has 3 aromatic rings. The summed E-state index contributed by atoms with van der Waals surface area (Å²) in [5.41, 5.74) is 1.98. The van der Waals surface area contributed by atoms with E-state index in [0.717, 1.165) is 16.7 Å². The third-order valence-electron chi connectivity index (χ3n) is 5.93. The minimum atomic E-state index is -1.45. The number of amides is 4. The second-order valence-corrected chi connectivity index (χ2v) is 7.98. The van der Waals surface area contributed by atoms with Gasteiger partial charge in [0.2, 0.25) is 0 Å². The molecule has 2 aliphatic heterocycles. The summed E-state index contributed by atoms with van der Waals surface area (Å²) in [4.78, 5) is 39.6. The first kappa shape index (κ1) is 23.6. The number of ether oxygens (including phenoxy) is 1. The SMILES string of the molecule is Cn1cc(-c2ccc([C@]3(CN4Cc5ccc(O[CH-]F)cc5C4=O)NC(=O)NC3=O)cc2)cn1.[W]. The second-order valence-electron chi connectivity index (χ2n) is 7.98. The van der Waals surface area contributed by atoms with Crippen LogP contribution in [-0.2, 0) is 45.0 Å². The minimum absolute atomic E-state index is 0. The molecule has 11 heteroatoms. The number of nitrogens with one attached hydrogen (secondary N) is 2. The van der Waals surface area contributed by atoms with Gasteiger partial charge in [-0.15, -0.1) is 0 Å². The Morgan fingerprint density at radius 2 is 1.91 bits per heavy atom. The number of halogens is 1. The first-order chi connectivity index (χ1) is 15.9. The van der Waals surface area contributed by atoms with Crippen LogP contribution in [0.1, 0.15) is 21.5 Å². The summed E-state index contributed by atoms with van der Waals surface area (Å²) in [5.74, 6) is -0.685. The van der Waals surface area contributed by atoms with Crippen LogP contribution >= 0.6 is 0 Å². The van der Waals surface area contributed by atoms with Gasteiger partial charge in [-0.05, 0) is 35.7 Å². The zero-order chi connectivity index (χ0) is 23.2. The van der Waals surface area contributed by atoms with E-state index in [1.807, 2.05) is 25.4 Å². The molecule has 0 aliphatic carbocycles.